The first-order valence-electron chi connectivity index (χ1n) is 6.85. The molecule has 0 spiro atoms. The van der Waals surface area contributed by atoms with Gasteiger partial charge in [0.15, 0.2) is 0 Å². The van der Waals surface area contributed by atoms with Crippen molar-refractivity contribution in [3.8, 4) is 11.4 Å². The number of tetrazole rings is 1. The molecular formula is C14H19N5O2. The number of benzene rings is 1. The summed E-state index contributed by atoms with van der Waals surface area (Å²) >= 11 is 0. The monoisotopic (exact) mass is 289 g/mol. The van der Waals surface area contributed by atoms with E-state index in [0.29, 0.717) is 17.8 Å². The fraction of sp³-hybridized carbons (Fsp3) is 0.429. The first kappa shape index (κ1) is 15.1. The molecule has 1 heterocycles. The van der Waals surface area contributed by atoms with Crippen LogP contribution in [-0.4, -0.2) is 43.8 Å². The van der Waals surface area contributed by atoms with Gasteiger partial charge in [0.25, 0.3) is 5.91 Å². The summed E-state index contributed by atoms with van der Waals surface area (Å²) in [5.41, 5.74) is 0.820. The van der Waals surface area contributed by atoms with Gasteiger partial charge in [-0.2, -0.15) is 5.21 Å². The van der Waals surface area contributed by atoms with Crippen LogP contribution in [0.15, 0.2) is 24.3 Å². The third kappa shape index (κ3) is 3.63. The van der Waals surface area contributed by atoms with Crippen molar-refractivity contribution >= 4 is 5.91 Å². The lowest BCUT2D eigenvalue weighted by Gasteiger charge is -2.29. The second-order valence-corrected chi connectivity index (χ2v) is 5.16. The number of rotatable bonds is 6. The number of carbonyl (C=O) groups is 1. The Morgan fingerprint density at radius 3 is 2.90 bits per heavy atom. The van der Waals surface area contributed by atoms with E-state index in [1.807, 2.05) is 19.9 Å². The molecule has 7 nitrogen and oxygen atoms in total. The van der Waals surface area contributed by atoms with Crippen LogP contribution in [0.5, 0.6) is 0 Å². The van der Waals surface area contributed by atoms with Gasteiger partial charge in [0.2, 0.25) is 5.82 Å². The molecule has 0 saturated carbocycles. The number of aromatic amines is 1. The zero-order valence-corrected chi connectivity index (χ0v) is 12.1. The number of nitrogens with one attached hydrogen (secondary N) is 2. The topological polar surface area (TPSA) is 104 Å². The highest BCUT2D eigenvalue weighted by molar-refractivity contribution is 5.95. The molecule has 0 radical (unpaired) electrons. The average molecular weight is 289 g/mol. The second kappa shape index (κ2) is 6.45. The number of hydrogen-bond donors (Lipinski definition) is 3. The predicted molar refractivity (Wildman–Crippen MR) is 77.5 cm³/mol. The highest BCUT2D eigenvalue weighted by Gasteiger charge is 2.24. The van der Waals surface area contributed by atoms with Gasteiger partial charge in [-0.1, -0.05) is 19.1 Å². The number of nitrogens with zero attached hydrogens (tertiary/aromatic N) is 3. The fourth-order valence-electron chi connectivity index (χ4n) is 2.00. The Labute approximate surface area is 122 Å². The minimum absolute atomic E-state index is 0.0352. The molecule has 2 aromatic rings. The molecule has 21 heavy (non-hydrogen) atoms. The van der Waals surface area contributed by atoms with Crippen molar-refractivity contribution in [2.24, 2.45) is 0 Å². The van der Waals surface area contributed by atoms with Crippen LogP contribution in [0.2, 0.25) is 0 Å². The fourth-order valence-corrected chi connectivity index (χ4v) is 2.00. The summed E-state index contributed by atoms with van der Waals surface area (Å²) in [6, 6.07) is 7.04. The lowest BCUT2D eigenvalue weighted by Crippen LogP contribution is -2.46. The van der Waals surface area contributed by atoms with E-state index in [1.165, 1.54) is 0 Å². The molecule has 1 aromatic heterocycles. The van der Waals surface area contributed by atoms with Crippen LogP contribution in [0.25, 0.3) is 11.4 Å². The zero-order valence-electron chi connectivity index (χ0n) is 12.1. The number of aromatic nitrogens is 4. The van der Waals surface area contributed by atoms with E-state index in [0.717, 1.165) is 12.0 Å². The molecule has 1 amide bonds. The van der Waals surface area contributed by atoms with Gasteiger partial charge < -0.3 is 10.4 Å². The summed E-state index contributed by atoms with van der Waals surface area (Å²) in [5, 5.41) is 25.8. The Morgan fingerprint density at radius 2 is 2.29 bits per heavy atom. The van der Waals surface area contributed by atoms with E-state index < -0.39 is 5.54 Å². The van der Waals surface area contributed by atoms with Gasteiger partial charge in [-0.05, 0) is 37.1 Å². The van der Waals surface area contributed by atoms with Crippen molar-refractivity contribution in [1.82, 2.24) is 25.9 Å². The summed E-state index contributed by atoms with van der Waals surface area (Å²) in [6.07, 6.45) is 1.25. The number of hydrogen-bond acceptors (Lipinski definition) is 5. The Bertz CT molecular complexity index is 599. The van der Waals surface area contributed by atoms with Crippen LogP contribution >= 0.6 is 0 Å². The SMILES string of the molecule is CCC(C)(CCO)NC(=O)c1cccc(-c2nn[nH]n2)c1. The standard InChI is InChI=1S/C14H19N5O2/c1-3-14(2,7-8-20)15-13(21)11-6-4-5-10(9-11)12-16-18-19-17-12/h4-6,9,20H,3,7-8H2,1-2H3,(H,15,21)(H,16,17,18,19). The predicted octanol–water partition coefficient (Wildman–Crippen LogP) is 1.15. The van der Waals surface area contributed by atoms with E-state index in [4.69, 9.17) is 5.11 Å². The van der Waals surface area contributed by atoms with Gasteiger partial charge in [0.1, 0.15) is 0 Å². The highest BCUT2D eigenvalue weighted by Crippen LogP contribution is 2.18. The molecule has 0 saturated heterocycles. The van der Waals surface area contributed by atoms with Crippen molar-refractivity contribution < 1.29 is 9.90 Å². The maximum Gasteiger partial charge on any atom is 0.251 e. The molecule has 0 aliphatic rings. The first-order chi connectivity index (χ1) is 10.1. The van der Waals surface area contributed by atoms with E-state index >= 15 is 0 Å². The normalized spacial score (nSPS) is 13.7. The Hall–Kier alpha value is -2.28. The summed E-state index contributed by atoms with van der Waals surface area (Å²) < 4.78 is 0. The Morgan fingerprint density at radius 1 is 1.48 bits per heavy atom. The van der Waals surface area contributed by atoms with Gasteiger partial charge in [0.05, 0.1) is 0 Å². The van der Waals surface area contributed by atoms with E-state index in [-0.39, 0.29) is 12.5 Å². The molecule has 7 heteroatoms. The average Bonchev–Trinajstić information content (AvgIpc) is 3.02. The van der Waals surface area contributed by atoms with Crippen LogP contribution in [0.1, 0.15) is 37.0 Å². The van der Waals surface area contributed by atoms with Gasteiger partial charge in [0, 0.05) is 23.3 Å². The number of carbonyl (C=O) groups excluding carboxylic acids is 1. The van der Waals surface area contributed by atoms with Crippen molar-refractivity contribution in [2.75, 3.05) is 6.61 Å². The molecule has 2 rings (SSSR count). The molecule has 1 atom stereocenters. The number of aliphatic hydroxyl groups is 1. The van der Waals surface area contributed by atoms with E-state index in [1.54, 1.807) is 18.2 Å². The van der Waals surface area contributed by atoms with Crippen molar-refractivity contribution in [3.63, 3.8) is 0 Å². The maximum atomic E-state index is 12.4. The van der Waals surface area contributed by atoms with Gasteiger partial charge >= 0.3 is 0 Å². The van der Waals surface area contributed by atoms with E-state index in [2.05, 4.69) is 25.9 Å². The lowest BCUT2D eigenvalue weighted by molar-refractivity contribution is 0.0886. The first-order valence-corrected chi connectivity index (χ1v) is 6.85. The quantitative estimate of drug-likeness (QED) is 0.740. The Balaban J connectivity index is 2.18. The van der Waals surface area contributed by atoms with Gasteiger partial charge in [-0.25, -0.2) is 0 Å². The van der Waals surface area contributed by atoms with Crippen LogP contribution in [-0.2, 0) is 0 Å². The molecule has 1 unspecified atom stereocenters. The van der Waals surface area contributed by atoms with Crippen LogP contribution in [0, 0.1) is 0 Å². The molecular weight excluding hydrogens is 270 g/mol. The summed E-state index contributed by atoms with van der Waals surface area (Å²) in [6.45, 7) is 3.93. The molecule has 0 aliphatic heterocycles. The molecule has 0 bridgehead atoms. The maximum absolute atomic E-state index is 12.4. The molecule has 0 aliphatic carbocycles. The summed E-state index contributed by atoms with van der Waals surface area (Å²) in [4.78, 5) is 12.4. The molecule has 112 valence electrons. The summed E-state index contributed by atoms with van der Waals surface area (Å²) in [7, 11) is 0. The highest BCUT2D eigenvalue weighted by atomic mass is 16.3. The number of amides is 1. The van der Waals surface area contributed by atoms with E-state index in [9.17, 15) is 4.79 Å². The number of H-pyrrole nitrogens is 1. The minimum atomic E-state index is -0.423. The second-order valence-electron chi connectivity index (χ2n) is 5.16. The zero-order chi connectivity index (χ0) is 15.3. The third-order valence-corrected chi connectivity index (χ3v) is 3.59. The minimum Gasteiger partial charge on any atom is -0.396 e. The lowest BCUT2D eigenvalue weighted by atomic mass is 9.94. The largest absolute Gasteiger partial charge is 0.396 e. The summed E-state index contributed by atoms with van der Waals surface area (Å²) in [5.74, 6) is 0.261. The smallest absolute Gasteiger partial charge is 0.251 e. The van der Waals surface area contributed by atoms with Gasteiger partial charge in [-0.3, -0.25) is 4.79 Å². The van der Waals surface area contributed by atoms with Crippen molar-refractivity contribution in [3.05, 3.63) is 29.8 Å². The third-order valence-electron chi connectivity index (χ3n) is 3.59. The molecule has 0 fully saturated rings. The number of aliphatic hydroxyl groups excluding tert-OH is 1. The van der Waals surface area contributed by atoms with Crippen LogP contribution < -0.4 is 5.32 Å². The molecule has 3 N–H and O–H groups in total. The van der Waals surface area contributed by atoms with Crippen LogP contribution in [0.4, 0.5) is 0 Å². The van der Waals surface area contributed by atoms with Crippen molar-refractivity contribution in [1.29, 1.82) is 0 Å². The van der Waals surface area contributed by atoms with Crippen molar-refractivity contribution in [2.45, 2.75) is 32.2 Å². The molecule has 1 aromatic carbocycles. The van der Waals surface area contributed by atoms with Gasteiger partial charge in [-0.15, -0.1) is 10.2 Å². The van der Waals surface area contributed by atoms with Crippen LogP contribution in [0.3, 0.4) is 0 Å². The Kier molecular flexibility index (Phi) is 4.64.